The second-order valence-corrected chi connectivity index (χ2v) is 7.79. The van der Waals surface area contributed by atoms with Crippen LogP contribution in [0.5, 0.6) is 0 Å². The first-order chi connectivity index (χ1) is 14.2. The Morgan fingerprint density at radius 2 is 1.69 bits per heavy atom. The van der Waals surface area contributed by atoms with Crippen molar-refractivity contribution >= 4 is 11.6 Å². The third-order valence-electron chi connectivity index (χ3n) is 5.49. The average Bonchev–Trinajstić information content (AvgIpc) is 3.23. The number of rotatable bonds is 6. The summed E-state index contributed by atoms with van der Waals surface area (Å²) < 4.78 is 1.81. The van der Waals surface area contributed by atoms with Crippen LogP contribution in [-0.2, 0) is 13.1 Å². The van der Waals surface area contributed by atoms with Crippen molar-refractivity contribution in [1.82, 2.24) is 14.7 Å². The molecule has 29 heavy (non-hydrogen) atoms. The fourth-order valence-corrected chi connectivity index (χ4v) is 3.86. The summed E-state index contributed by atoms with van der Waals surface area (Å²) in [7, 11) is 1.84. The van der Waals surface area contributed by atoms with Crippen LogP contribution in [0.3, 0.4) is 0 Å². The van der Waals surface area contributed by atoms with E-state index in [1.165, 1.54) is 24.9 Å². The van der Waals surface area contributed by atoms with E-state index in [2.05, 4.69) is 46.4 Å². The van der Waals surface area contributed by atoms with Gasteiger partial charge in [-0.15, -0.1) is 0 Å². The molecule has 2 heterocycles. The molecule has 4 rings (SSSR count). The number of hydrogen-bond acceptors (Lipinski definition) is 3. The maximum Gasteiger partial charge on any atom is 0.257 e. The van der Waals surface area contributed by atoms with E-state index >= 15 is 0 Å². The summed E-state index contributed by atoms with van der Waals surface area (Å²) in [5.41, 5.74) is 4.20. The third kappa shape index (κ3) is 4.86. The second kappa shape index (κ2) is 8.95. The minimum atomic E-state index is -0.00980. The smallest absolute Gasteiger partial charge is 0.257 e. The van der Waals surface area contributed by atoms with Crippen LogP contribution in [0.1, 0.15) is 40.7 Å². The van der Waals surface area contributed by atoms with Crippen LogP contribution in [0.4, 0.5) is 5.69 Å². The zero-order chi connectivity index (χ0) is 20.1. The Balaban J connectivity index is 1.35. The molecule has 1 aliphatic heterocycles. The van der Waals surface area contributed by atoms with Gasteiger partial charge in [0.1, 0.15) is 0 Å². The summed E-state index contributed by atoms with van der Waals surface area (Å²) in [6.45, 7) is 3.54. The van der Waals surface area contributed by atoms with Crippen molar-refractivity contribution in [2.75, 3.05) is 25.0 Å². The number of anilines is 1. The molecule has 0 saturated carbocycles. The molecule has 1 saturated heterocycles. The molecular weight excluding hydrogens is 360 g/mol. The van der Waals surface area contributed by atoms with E-state index < -0.39 is 0 Å². The fourth-order valence-electron chi connectivity index (χ4n) is 3.86. The molecule has 1 amide bonds. The van der Waals surface area contributed by atoms with Gasteiger partial charge < -0.3 is 9.80 Å². The van der Waals surface area contributed by atoms with Crippen molar-refractivity contribution in [3.05, 3.63) is 83.7 Å². The molecule has 0 aliphatic carbocycles. The van der Waals surface area contributed by atoms with Crippen molar-refractivity contribution in [2.24, 2.45) is 0 Å². The summed E-state index contributed by atoms with van der Waals surface area (Å²) in [6, 6.07) is 18.7. The molecule has 150 valence electrons. The zero-order valence-electron chi connectivity index (χ0n) is 17.0. The Hall–Kier alpha value is -3.08. The van der Waals surface area contributed by atoms with Gasteiger partial charge >= 0.3 is 0 Å². The quantitative estimate of drug-likeness (QED) is 0.636. The molecule has 5 heteroatoms. The highest BCUT2D eigenvalue weighted by Gasteiger charge is 2.15. The number of carbonyl (C=O) groups excluding carboxylic acids is 1. The van der Waals surface area contributed by atoms with E-state index in [1.54, 1.807) is 11.1 Å². The molecule has 1 aromatic heterocycles. The Morgan fingerprint density at radius 3 is 2.41 bits per heavy atom. The number of nitrogens with zero attached hydrogens (tertiary/aromatic N) is 4. The normalized spacial score (nSPS) is 14.0. The van der Waals surface area contributed by atoms with E-state index in [-0.39, 0.29) is 5.91 Å². The number of piperidine rings is 1. The number of hydrogen-bond donors (Lipinski definition) is 0. The Kier molecular flexibility index (Phi) is 5.94. The Bertz CT molecular complexity index is 927. The van der Waals surface area contributed by atoms with Gasteiger partial charge in [0.15, 0.2) is 0 Å². The largest absolute Gasteiger partial charge is 0.372 e. The van der Waals surface area contributed by atoms with Gasteiger partial charge in [-0.1, -0.05) is 42.5 Å². The summed E-state index contributed by atoms with van der Waals surface area (Å²) >= 11 is 0. The van der Waals surface area contributed by atoms with E-state index in [0.29, 0.717) is 18.7 Å². The minimum Gasteiger partial charge on any atom is -0.372 e. The zero-order valence-corrected chi connectivity index (χ0v) is 17.0. The molecule has 1 fully saturated rings. The first kappa shape index (κ1) is 19.2. The van der Waals surface area contributed by atoms with Crippen molar-refractivity contribution < 1.29 is 4.79 Å². The topological polar surface area (TPSA) is 41.4 Å². The SMILES string of the molecule is CN(Cc1ccc(N2CCCCC2)cc1)C(=O)c1cnn(Cc2ccccc2)c1. The standard InChI is InChI=1S/C24H28N4O/c1-26(17-21-10-12-23(13-11-21)27-14-6-3-7-15-27)24(29)22-16-25-28(19-22)18-20-8-4-2-5-9-20/h2,4-5,8-13,16,19H,3,6-7,14-15,17-18H2,1H3. The monoisotopic (exact) mass is 388 g/mol. The summed E-state index contributed by atoms with van der Waals surface area (Å²) in [4.78, 5) is 17.0. The highest BCUT2D eigenvalue weighted by molar-refractivity contribution is 5.93. The molecule has 0 spiro atoms. The van der Waals surface area contributed by atoms with Gasteiger partial charge in [0.25, 0.3) is 5.91 Å². The lowest BCUT2D eigenvalue weighted by molar-refractivity contribution is 0.0785. The summed E-state index contributed by atoms with van der Waals surface area (Å²) in [5, 5.41) is 4.35. The van der Waals surface area contributed by atoms with Gasteiger partial charge in [-0.05, 0) is 42.5 Å². The lowest BCUT2D eigenvalue weighted by atomic mass is 10.1. The van der Waals surface area contributed by atoms with Gasteiger partial charge in [0, 0.05) is 38.6 Å². The van der Waals surface area contributed by atoms with Gasteiger partial charge in [0.05, 0.1) is 18.3 Å². The number of benzene rings is 2. The molecule has 0 radical (unpaired) electrons. The van der Waals surface area contributed by atoms with Crippen molar-refractivity contribution in [3.8, 4) is 0 Å². The predicted octanol–water partition coefficient (Wildman–Crippen LogP) is 4.19. The van der Waals surface area contributed by atoms with Gasteiger partial charge in [-0.25, -0.2) is 0 Å². The van der Waals surface area contributed by atoms with Crippen molar-refractivity contribution in [2.45, 2.75) is 32.4 Å². The maximum atomic E-state index is 12.8. The lowest BCUT2D eigenvalue weighted by Gasteiger charge is -2.29. The second-order valence-electron chi connectivity index (χ2n) is 7.79. The summed E-state index contributed by atoms with van der Waals surface area (Å²) in [5.74, 6) is -0.00980. The van der Waals surface area contributed by atoms with Crippen LogP contribution in [0.25, 0.3) is 0 Å². The molecule has 1 aliphatic rings. The molecule has 0 unspecified atom stereocenters. The van der Waals surface area contributed by atoms with Crippen molar-refractivity contribution in [1.29, 1.82) is 0 Å². The molecule has 2 aromatic carbocycles. The highest BCUT2D eigenvalue weighted by Crippen LogP contribution is 2.21. The average molecular weight is 389 g/mol. The van der Waals surface area contributed by atoms with E-state index in [0.717, 1.165) is 24.2 Å². The van der Waals surface area contributed by atoms with Gasteiger partial charge in [-0.3, -0.25) is 9.48 Å². The molecular formula is C24H28N4O. The van der Waals surface area contributed by atoms with Crippen LogP contribution in [0.15, 0.2) is 67.0 Å². The van der Waals surface area contributed by atoms with E-state index in [4.69, 9.17) is 0 Å². The molecule has 0 bridgehead atoms. The van der Waals surface area contributed by atoms with Crippen LogP contribution in [0, 0.1) is 0 Å². The number of amides is 1. The lowest BCUT2D eigenvalue weighted by Crippen LogP contribution is -2.29. The van der Waals surface area contributed by atoms with Crippen LogP contribution in [-0.4, -0.2) is 40.7 Å². The molecule has 3 aromatic rings. The van der Waals surface area contributed by atoms with Crippen LogP contribution in [0.2, 0.25) is 0 Å². The summed E-state index contributed by atoms with van der Waals surface area (Å²) in [6.07, 6.45) is 7.36. The highest BCUT2D eigenvalue weighted by atomic mass is 16.2. The predicted molar refractivity (Wildman–Crippen MR) is 116 cm³/mol. The van der Waals surface area contributed by atoms with E-state index in [9.17, 15) is 4.79 Å². The van der Waals surface area contributed by atoms with Gasteiger partial charge in [-0.2, -0.15) is 5.10 Å². The first-order valence-corrected chi connectivity index (χ1v) is 10.3. The maximum absolute atomic E-state index is 12.8. The minimum absolute atomic E-state index is 0.00980. The Labute approximate surface area is 172 Å². The molecule has 0 atom stereocenters. The third-order valence-corrected chi connectivity index (χ3v) is 5.49. The number of carbonyl (C=O) groups is 1. The Morgan fingerprint density at radius 1 is 0.966 bits per heavy atom. The van der Waals surface area contributed by atoms with Crippen molar-refractivity contribution in [3.63, 3.8) is 0 Å². The first-order valence-electron chi connectivity index (χ1n) is 10.3. The van der Waals surface area contributed by atoms with Crippen LogP contribution >= 0.6 is 0 Å². The molecule has 0 N–H and O–H groups in total. The fraction of sp³-hybridized carbons (Fsp3) is 0.333. The van der Waals surface area contributed by atoms with Crippen LogP contribution < -0.4 is 4.90 Å². The van der Waals surface area contributed by atoms with E-state index in [1.807, 2.05) is 36.1 Å². The molecule has 5 nitrogen and oxygen atoms in total. The van der Waals surface area contributed by atoms with Gasteiger partial charge in [0.2, 0.25) is 0 Å². The number of aromatic nitrogens is 2.